The Morgan fingerprint density at radius 1 is 1.45 bits per heavy atom. The first-order chi connectivity index (χ1) is 9.78. The van der Waals surface area contributed by atoms with E-state index in [0.29, 0.717) is 23.8 Å². The van der Waals surface area contributed by atoms with Gasteiger partial charge < -0.3 is 10.2 Å². The van der Waals surface area contributed by atoms with Crippen molar-refractivity contribution in [1.29, 1.82) is 0 Å². The van der Waals surface area contributed by atoms with Crippen LogP contribution in [0.25, 0.3) is 0 Å². The summed E-state index contributed by atoms with van der Waals surface area (Å²) in [5.41, 5.74) is 1.38. The predicted molar refractivity (Wildman–Crippen MR) is 82.6 cm³/mol. The summed E-state index contributed by atoms with van der Waals surface area (Å²) in [4.78, 5) is 14.3. The van der Waals surface area contributed by atoms with E-state index in [4.69, 9.17) is 0 Å². The van der Waals surface area contributed by atoms with Gasteiger partial charge in [-0.2, -0.15) is 11.3 Å². The van der Waals surface area contributed by atoms with Crippen LogP contribution in [0.2, 0.25) is 0 Å². The molecule has 1 saturated heterocycles. The number of hydrogen-bond acceptors (Lipinski definition) is 3. The van der Waals surface area contributed by atoms with Crippen molar-refractivity contribution in [2.24, 2.45) is 11.8 Å². The van der Waals surface area contributed by atoms with E-state index in [-0.39, 0.29) is 0 Å². The number of likely N-dealkylation sites (tertiary alicyclic amines) is 1. The second kappa shape index (κ2) is 6.27. The molecule has 3 nitrogen and oxygen atoms in total. The molecule has 1 aromatic rings. The monoisotopic (exact) mass is 292 g/mol. The largest absolute Gasteiger partial charge is 0.342 e. The fraction of sp³-hybridized carbons (Fsp3) is 0.688. The zero-order chi connectivity index (χ0) is 13.9. The number of hydrogen-bond donors (Lipinski definition) is 1. The molecule has 20 heavy (non-hydrogen) atoms. The standard InChI is InChI=1S/C16H24N2OS/c1-2-13-10-18(16(19)14-3-4-14)7-5-15(13)17-9-12-6-8-20-11-12/h6,8,11,13-15,17H,2-5,7,9-10H2,1H3. The highest BCUT2D eigenvalue weighted by Gasteiger charge is 2.37. The average molecular weight is 292 g/mol. The van der Waals surface area contributed by atoms with Crippen molar-refractivity contribution >= 4 is 17.2 Å². The topological polar surface area (TPSA) is 32.3 Å². The third-order valence-electron chi connectivity index (χ3n) is 4.65. The van der Waals surface area contributed by atoms with Gasteiger partial charge in [0.05, 0.1) is 0 Å². The second-order valence-corrected chi connectivity index (χ2v) is 6.91. The van der Waals surface area contributed by atoms with Gasteiger partial charge in [-0.15, -0.1) is 0 Å². The Balaban J connectivity index is 1.52. The highest BCUT2D eigenvalue weighted by atomic mass is 32.1. The predicted octanol–water partition coefficient (Wildman–Crippen LogP) is 2.87. The summed E-state index contributed by atoms with van der Waals surface area (Å²) in [5, 5.41) is 8.04. The molecule has 0 radical (unpaired) electrons. The fourth-order valence-electron chi connectivity index (χ4n) is 3.15. The minimum Gasteiger partial charge on any atom is -0.342 e. The van der Waals surface area contributed by atoms with Gasteiger partial charge >= 0.3 is 0 Å². The van der Waals surface area contributed by atoms with Crippen LogP contribution in [0.5, 0.6) is 0 Å². The smallest absolute Gasteiger partial charge is 0.225 e. The Morgan fingerprint density at radius 3 is 2.95 bits per heavy atom. The third kappa shape index (κ3) is 3.23. The van der Waals surface area contributed by atoms with E-state index in [0.717, 1.165) is 45.3 Å². The maximum atomic E-state index is 12.2. The van der Waals surface area contributed by atoms with E-state index in [1.807, 2.05) is 0 Å². The van der Waals surface area contributed by atoms with E-state index in [1.165, 1.54) is 5.56 Å². The average Bonchev–Trinajstić information content (AvgIpc) is 3.21. The lowest BCUT2D eigenvalue weighted by Crippen LogP contribution is -2.51. The minimum atomic E-state index is 0.364. The molecular weight excluding hydrogens is 268 g/mol. The molecule has 0 aromatic carbocycles. The molecule has 1 aliphatic carbocycles. The minimum absolute atomic E-state index is 0.364. The van der Waals surface area contributed by atoms with Gasteiger partial charge in [0.25, 0.3) is 0 Å². The highest BCUT2D eigenvalue weighted by molar-refractivity contribution is 7.07. The lowest BCUT2D eigenvalue weighted by molar-refractivity contribution is -0.134. The summed E-state index contributed by atoms with van der Waals surface area (Å²) in [6.07, 6.45) is 4.48. The van der Waals surface area contributed by atoms with Gasteiger partial charge in [-0.25, -0.2) is 0 Å². The van der Waals surface area contributed by atoms with Gasteiger partial charge in [-0.1, -0.05) is 13.3 Å². The molecule has 2 fully saturated rings. The zero-order valence-corrected chi connectivity index (χ0v) is 13.0. The Bertz CT molecular complexity index is 441. The molecule has 1 aliphatic heterocycles. The lowest BCUT2D eigenvalue weighted by Gasteiger charge is -2.39. The summed E-state index contributed by atoms with van der Waals surface area (Å²) in [5.74, 6) is 1.38. The molecule has 2 heterocycles. The lowest BCUT2D eigenvalue weighted by atomic mass is 9.89. The number of nitrogens with one attached hydrogen (secondary N) is 1. The molecular formula is C16H24N2OS. The van der Waals surface area contributed by atoms with E-state index in [9.17, 15) is 4.79 Å². The van der Waals surface area contributed by atoms with Crippen LogP contribution < -0.4 is 5.32 Å². The first-order valence-corrected chi connectivity index (χ1v) is 8.75. The van der Waals surface area contributed by atoms with Crippen LogP contribution >= 0.6 is 11.3 Å². The molecule has 1 N–H and O–H groups in total. The molecule has 1 amide bonds. The van der Waals surface area contributed by atoms with Crippen molar-refractivity contribution in [1.82, 2.24) is 10.2 Å². The van der Waals surface area contributed by atoms with Crippen molar-refractivity contribution in [3.05, 3.63) is 22.4 Å². The second-order valence-electron chi connectivity index (χ2n) is 6.13. The number of thiophene rings is 1. The Hall–Kier alpha value is -0.870. The van der Waals surface area contributed by atoms with Crippen molar-refractivity contribution in [2.45, 2.75) is 45.2 Å². The van der Waals surface area contributed by atoms with Crippen molar-refractivity contribution in [2.75, 3.05) is 13.1 Å². The highest BCUT2D eigenvalue weighted by Crippen LogP contribution is 2.33. The Kier molecular flexibility index (Phi) is 4.41. The molecule has 0 bridgehead atoms. The number of rotatable bonds is 5. The maximum Gasteiger partial charge on any atom is 0.225 e. The summed E-state index contributed by atoms with van der Waals surface area (Å²) >= 11 is 1.75. The molecule has 110 valence electrons. The van der Waals surface area contributed by atoms with Gasteiger partial charge in [-0.05, 0) is 47.6 Å². The fourth-order valence-corrected chi connectivity index (χ4v) is 3.81. The molecule has 1 saturated carbocycles. The summed E-state index contributed by atoms with van der Waals surface area (Å²) < 4.78 is 0. The van der Waals surface area contributed by atoms with Crippen molar-refractivity contribution in [3.63, 3.8) is 0 Å². The van der Waals surface area contributed by atoms with Crippen molar-refractivity contribution in [3.8, 4) is 0 Å². The SMILES string of the molecule is CCC1CN(C(=O)C2CC2)CCC1NCc1ccsc1. The Morgan fingerprint density at radius 2 is 2.30 bits per heavy atom. The molecule has 1 aromatic heterocycles. The van der Waals surface area contributed by atoms with E-state index in [2.05, 4.69) is 34.0 Å². The summed E-state index contributed by atoms with van der Waals surface area (Å²) in [7, 11) is 0. The van der Waals surface area contributed by atoms with E-state index in [1.54, 1.807) is 11.3 Å². The first-order valence-electron chi connectivity index (χ1n) is 7.81. The third-order valence-corrected chi connectivity index (χ3v) is 5.38. The van der Waals surface area contributed by atoms with Crippen LogP contribution in [0, 0.1) is 11.8 Å². The number of nitrogens with zero attached hydrogens (tertiary/aromatic N) is 1. The number of amides is 1. The summed E-state index contributed by atoms with van der Waals surface area (Å²) in [6.45, 7) is 5.09. The maximum absolute atomic E-state index is 12.2. The first kappa shape index (κ1) is 14.1. The molecule has 3 rings (SSSR count). The Labute approximate surface area is 125 Å². The molecule has 0 spiro atoms. The molecule has 4 heteroatoms. The number of piperidine rings is 1. The molecule has 2 atom stereocenters. The quantitative estimate of drug-likeness (QED) is 0.905. The zero-order valence-electron chi connectivity index (χ0n) is 12.2. The van der Waals surface area contributed by atoms with Crippen LogP contribution in [0.3, 0.4) is 0 Å². The van der Waals surface area contributed by atoms with Crippen LogP contribution in [0.15, 0.2) is 16.8 Å². The summed E-state index contributed by atoms with van der Waals surface area (Å²) in [6, 6.07) is 2.74. The van der Waals surface area contributed by atoms with Gasteiger partial charge in [0.2, 0.25) is 5.91 Å². The normalized spacial score (nSPS) is 26.8. The van der Waals surface area contributed by atoms with Gasteiger partial charge in [-0.3, -0.25) is 4.79 Å². The van der Waals surface area contributed by atoms with E-state index >= 15 is 0 Å². The molecule has 2 aliphatic rings. The van der Waals surface area contributed by atoms with Crippen LogP contribution in [-0.2, 0) is 11.3 Å². The van der Waals surface area contributed by atoms with Gasteiger partial charge in [0, 0.05) is 31.6 Å². The van der Waals surface area contributed by atoms with Crippen LogP contribution in [0.1, 0.15) is 38.2 Å². The number of carbonyl (C=O) groups excluding carboxylic acids is 1. The van der Waals surface area contributed by atoms with Crippen molar-refractivity contribution < 1.29 is 4.79 Å². The van der Waals surface area contributed by atoms with Gasteiger partial charge in [0.15, 0.2) is 0 Å². The van der Waals surface area contributed by atoms with E-state index < -0.39 is 0 Å². The number of carbonyl (C=O) groups is 1. The molecule has 2 unspecified atom stereocenters. The van der Waals surface area contributed by atoms with Gasteiger partial charge in [0.1, 0.15) is 0 Å². The van der Waals surface area contributed by atoms with Crippen LogP contribution in [-0.4, -0.2) is 29.9 Å². The van der Waals surface area contributed by atoms with Crippen LogP contribution in [0.4, 0.5) is 0 Å².